The van der Waals surface area contributed by atoms with Gasteiger partial charge in [-0.15, -0.1) is 6.58 Å². The van der Waals surface area contributed by atoms with Crippen LogP contribution in [0.3, 0.4) is 0 Å². The van der Waals surface area contributed by atoms with Crippen molar-refractivity contribution in [3.05, 3.63) is 72.4 Å². The average molecular weight is 225 g/mol. The summed E-state index contributed by atoms with van der Waals surface area (Å²) < 4.78 is 0. The Bertz CT molecular complexity index is 456. The minimum Gasteiger partial charge on any atom is -0.300 e. The molecule has 0 unspecified atom stereocenters. The lowest BCUT2D eigenvalue weighted by Gasteiger charge is -2.29. The normalized spacial score (nSPS) is 22.6. The molecule has 1 N–H and O–H groups in total. The van der Waals surface area contributed by atoms with Gasteiger partial charge in [0.05, 0.1) is 5.54 Å². The van der Waals surface area contributed by atoms with Crippen LogP contribution in [0.1, 0.15) is 17.5 Å². The summed E-state index contributed by atoms with van der Waals surface area (Å²) in [5.74, 6) is 0. The Kier molecular flexibility index (Phi) is 3.60. The number of hydrogen-bond donors (Lipinski definition) is 1. The van der Waals surface area contributed by atoms with E-state index in [4.69, 9.17) is 0 Å². The van der Waals surface area contributed by atoms with E-state index in [0.717, 1.165) is 13.0 Å². The van der Waals surface area contributed by atoms with E-state index in [9.17, 15) is 0 Å². The van der Waals surface area contributed by atoms with Gasteiger partial charge >= 0.3 is 0 Å². The largest absolute Gasteiger partial charge is 0.300 e. The van der Waals surface area contributed by atoms with Gasteiger partial charge in [0.15, 0.2) is 0 Å². The van der Waals surface area contributed by atoms with Gasteiger partial charge in [-0.1, -0.05) is 54.6 Å². The SMILES string of the molecule is C=C[C@@]1(NCc2ccccc2C)C=CC=CC1. The van der Waals surface area contributed by atoms with Gasteiger partial charge < -0.3 is 5.32 Å². The number of benzene rings is 1. The number of nitrogens with one attached hydrogen (secondary N) is 1. The fraction of sp³-hybridized carbons (Fsp3) is 0.250. The zero-order valence-electron chi connectivity index (χ0n) is 10.3. The summed E-state index contributed by atoms with van der Waals surface area (Å²) in [6, 6.07) is 8.47. The predicted molar refractivity (Wildman–Crippen MR) is 73.8 cm³/mol. The molecular formula is C16H19N. The topological polar surface area (TPSA) is 12.0 Å². The third-order valence-electron chi connectivity index (χ3n) is 3.33. The summed E-state index contributed by atoms with van der Waals surface area (Å²) in [7, 11) is 0. The van der Waals surface area contributed by atoms with Crippen LogP contribution in [0.25, 0.3) is 0 Å². The lowest BCUT2D eigenvalue weighted by Crippen LogP contribution is -2.41. The Morgan fingerprint density at radius 2 is 2.18 bits per heavy atom. The molecule has 1 heteroatoms. The molecule has 1 atom stereocenters. The van der Waals surface area contributed by atoms with Gasteiger partial charge in [-0.2, -0.15) is 0 Å². The van der Waals surface area contributed by atoms with Crippen molar-refractivity contribution in [3.63, 3.8) is 0 Å². The van der Waals surface area contributed by atoms with Crippen molar-refractivity contribution in [1.82, 2.24) is 5.32 Å². The quantitative estimate of drug-likeness (QED) is 0.773. The Balaban J connectivity index is 2.07. The van der Waals surface area contributed by atoms with Crippen LogP contribution in [0.5, 0.6) is 0 Å². The van der Waals surface area contributed by atoms with Gasteiger partial charge in [0.2, 0.25) is 0 Å². The highest BCUT2D eigenvalue weighted by Crippen LogP contribution is 2.20. The maximum Gasteiger partial charge on any atom is 0.0588 e. The van der Waals surface area contributed by atoms with Crippen LogP contribution in [0.15, 0.2) is 61.2 Å². The fourth-order valence-corrected chi connectivity index (χ4v) is 2.06. The molecule has 1 aliphatic carbocycles. The van der Waals surface area contributed by atoms with E-state index in [1.54, 1.807) is 0 Å². The van der Waals surface area contributed by atoms with E-state index in [2.05, 4.69) is 67.4 Å². The van der Waals surface area contributed by atoms with Crippen LogP contribution in [0, 0.1) is 6.92 Å². The zero-order valence-corrected chi connectivity index (χ0v) is 10.3. The number of allylic oxidation sites excluding steroid dienone is 2. The van der Waals surface area contributed by atoms with Crippen LogP contribution in [0.4, 0.5) is 0 Å². The molecule has 0 saturated heterocycles. The van der Waals surface area contributed by atoms with Crippen molar-refractivity contribution in [2.75, 3.05) is 0 Å². The molecule has 0 spiro atoms. The molecular weight excluding hydrogens is 206 g/mol. The van der Waals surface area contributed by atoms with Crippen LogP contribution >= 0.6 is 0 Å². The van der Waals surface area contributed by atoms with E-state index in [0.29, 0.717) is 0 Å². The van der Waals surface area contributed by atoms with Crippen molar-refractivity contribution in [3.8, 4) is 0 Å². The first-order chi connectivity index (χ1) is 8.26. The highest BCUT2D eigenvalue weighted by Gasteiger charge is 2.22. The van der Waals surface area contributed by atoms with Gasteiger partial charge in [0, 0.05) is 6.54 Å². The minimum atomic E-state index is -0.0863. The van der Waals surface area contributed by atoms with E-state index >= 15 is 0 Å². The van der Waals surface area contributed by atoms with E-state index < -0.39 is 0 Å². The van der Waals surface area contributed by atoms with Gasteiger partial charge in [0.1, 0.15) is 0 Å². The van der Waals surface area contributed by atoms with Crippen molar-refractivity contribution < 1.29 is 0 Å². The van der Waals surface area contributed by atoms with Crippen molar-refractivity contribution in [2.45, 2.75) is 25.4 Å². The number of rotatable bonds is 4. The smallest absolute Gasteiger partial charge is 0.0588 e. The molecule has 1 aromatic rings. The fourth-order valence-electron chi connectivity index (χ4n) is 2.06. The average Bonchev–Trinajstić information content (AvgIpc) is 2.39. The number of aryl methyl sites for hydroxylation is 1. The predicted octanol–water partition coefficient (Wildman–Crippen LogP) is 3.53. The van der Waals surface area contributed by atoms with Gasteiger partial charge in [0.25, 0.3) is 0 Å². The maximum atomic E-state index is 3.94. The highest BCUT2D eigenvalue weighted by molar-refractivity contribution is 5.29. The Hall–Kier alpha value is -1.60. The van der Waals surface area contributed by atoms with E-state index in [-0.39, 0.29) is 5.54 Å². The molecule has 0 bridgehead atoms. The van der Waals surface area contributed by atoms with Crippen molar-refractivity contribution in [2.24, 2.45) is 0 Å². The monoisotopic (exact) mass is 225 g/mol. The summed E-state index contributed by atoms with van der Waals surface area (Å²) >= 11 is 0. The second-order valence-electron chi connectivity index (χ2n) is 4.52. The first-order valence-electron chi connectivity index (χ1n) is 6.03. The Morgan fingerprint density at radius 1 is 1.35 bits per heavy atom. The molecule has 0 fully saturated rings. The molecule has 88 valence electrons. The second-order valence-corrected chi connectivity index (χ2v) is 4.52. The van der Waals surface area contributed by atoms with Crippen LogP contribution in [-0.4, -0.2) is 5.54 Å². The standard InChI is InChI=1S/C16H19N/c1-3-16(11-7-4-8-12-16)17-13-15-10-6-5-9-14(15)2/h3-11,17H,1,12-13H2,2H3/t16-/m1/s1. The molecule has 1 aliphatic rings. The lowest BCUT2D eigenvalue weighted by molar-refractivity contribution is 0.484. The summed E-state index contributed by atoms with van der Waals surface area (Å²) in [6.45, 7) is 6.96. The second kappa shape index (κ2) is 5.15. The molecule has 0 saturated carbocycles. The lowest BCUT2D eigenvalue weighted by atomic mass is 9.91. The molecule has 0 aromatic heterocycles. The molecule has 1 nitrogen and oxygen atoms in total. The Morgan fingerprint density at radius 3 is 2.82 bits per heavy atom. The zero-order chi connectivity index (χ0) is 12.1. The maximum absolute atomic E-state index is 3.94. The third kappa shape index (κ3) is 2.75. The van der Waals surface area contributed by atoms with Gasteiger partial charge in [-0.3, -0.25) is 0 Å². The van der Waals surface area contributed by atoms with Crippen molar-refractivity contribution >= 4 is 0 Å². The molecule has 0 radical (unpaired) electrons. The molecule has 17 heavy (non-hydrogen) atoms. The van der Waals surface area contributed by atoms with Gasteiger partial charge in [-0.25, -0.2) is 0 Å². The molecule has 1 aromatic carbocycles. The Labute approximate surface area is 104 Å². The third-order valence-corrected chi connectivity index (χ3v) is 3.33. The van der Waals surface area contributed by atoms with Gasteiger partial charge in [-0.05, 0) is 24.5 Å². The summed E-state index contributed by atoms with van der Waals surface area (Å²) in [6.07, 6.45) is 11.5. The first kappa shape index (κ1) is 11.9. The van der Waals surface area contributed by atoms with E-state index in [1.807, 2.05) is 6.08 Å². The summed E-state index contributed by atoms with van der Waals surface area (Å²) in [5.41, 5.74) is 2.59. The van der Waals surface area contributed by atoms with Crippen LogP contribution in [-0.2, 0) is 6.54 Å². The van der Waals surface area contributed by atoms with Crippen LogP contribution < -0.4 is 5.32 Å². The minimum absolute atomic E-state index is 0.0863. The summed E-state index contributed by atoms with van der Waals surface area (Å²) in [4.78, 5) is 0. The summed E-state index contributed by atoms with van der Waals surface area (Å²) in [5, 5.41) is 3.59. The molecule has 0 amide bonds. The van der Waals surface area contributed by atoms with Crippen LogP contribution in [0.2, 0.25) is 0 Å². The highest BCUT2D eigenvalue weighted by atomic mass is 15.0. The van der Waals surface area contributed by atoms with E-state index in [1.165, 1.54) is 11.1 Å². The van der Waals surface area contributed by atoms with Crippen molar-refractivity contribution in [1.29, 1.82) is 0 Å². The number of hydrogen-bond acceptors (Lipinski definition) is 1. The first-order valence-corrected chi connectivity index (χ1v) is 6.03. The molecule has 0 aliphatic heterocycles. The molecule has 0 heterocycles. The molecule has 2 rings (SSSR count).